The Morgan fingerprint density at radius 1 is 1.50 bits per heavy atom. The van der Waals surface area contributed by atoms with Gasteiger partial charge in [0.2, 0.25) is 0 Å². The highest BCUT2D eigenvalue weighted by molar-refractivity contribution is 4.90. The first-order chi connectivity index (χ1) is 2.91. The third-order valence-electron chi connectivity index (χ3n) is 0.564. The van der Waals surface area contributed by atoms with Gasteiger partial charge >= 0.3 is 0 Å². The molecule has 6 heavy (non-hydrogen) atoms. The van der Waals surface area contributed by atoms with E-state index in [1.54, 1.807) is 0 Å². The molecule has 0 spiro atoms. The first-order valence-corrected chi connectivity index (χ1v) is 2.36. The van der Waals surface area contributed by atoms with Crippen LogP contribution in [0.3, 0.4) is 0 Å². The second kappa shape index (κ2) is 4.74. The van der Waals surface area contributed by atoms with Gasteiger partial charge in [0.05, 0.1) is 0 Å². The van der Waals surface area contributed by atoms with Crippen LogP contribution < -0.4 is 0 Å². The molecule has 0 aliphatic carbocycles. The summed E-state index contributed by atoms with van der Waals surface area (Å²) in [6.45, 7) is 4.14. The molecule has 0 heteroatoms. The molecule has 0 nitrogen and oxygen atoms in total. The predicted molar refractivity (Wildman–Crippen MR) is 29.4 cm³/mol. The van der Waals surface area contributed by atoms with Crippen LogP contribution in [-0.2, 0) is 0 Å². The molecular formula is C6H11. The van der Waals surface area contributed by atoms with Crippen molar-refractivity contribution >= 4 is 0 Å². The molecule has 0 aromatic carbocycles. The lowest BCUT2D eigenvalue weighted by Crippen LogP contribution is -1.57. The maximum absolute atomic E-state index is 2.12. The Morgan fingerprint density at radius 2 is 2.17 bits per heavy atom. The smallest absolute Gasteiger partial charge is 0.0173 e. The Kier molecular flexibility index (Phi) is 4.53. The first-order valence-electron chi connectivity index (χ1n) is 2.36. The number of unbranched alkanes of at least 4 members (excludes halogenated alkanes) is 1. The molecule has 0 unspecified atom stereocenters. The standard InChI is InChI=1S/C6H11/c1-3-5-6-4-2/h3,5-6H,4H2,1-2H3. The fraction of sp³-hybridized carbons (Fsp3) is 0.500. The van der Waals surface area contributed by atoms with E-state index in [-0.39, 0.29) is 0 Å². The molecule has 0 saturated carbocycles. The summed E-state index contributed by atoms with van der Waals surface area (Å²) in [4.78, 5) is 0. The van der Waals surface area contributed by atoms with Crippen molar-refractivity contribution in [3.8, 4) is 0 Å². The topological polar surface area (TPSA) is 0 Å². The molecule has 35 valence electrons. The van der Waals surface area contributed by atoms with Crippen LogP contribution in [0.2, 0.25) is 0 Å². The Bertz CT molecular complexity index is 35.3. The zero-order valence-electron chi connectivity index (χ0n) is 4.44. The minimum absolute atomic E-state index is 1.14. The average Bonchev–Trinajstić information content (AvgIpc) is 1.61. The third-order valence-corrected chi connectivity index (χ3v) is 0.564. The minimum atomic E-state index is 1.14. The fourth-order valence-electron chi connectivity index (χ4n) is 0.272. The molecular weight excluding hydrogens is 72.1 g/mol. The Hall–Kier alpha value is -0.260. The van der Waals surface area contributed by atoms with Crippen molar-refractivity contribution in [2.24, 2.45) is 0 Å². The van der Waals surface area contributed by atoms with Gasteiger partial charge < -0.3 is 0 Å². The van der Waals surface area contributed by atoms with E-state index >= 15 is 0 Å². The van der Waals surface area contributed by atoms with Gasteiger partial charge in [-0.3, -0.25) is 0 Å². The highest BCUT2D eigenvalue weighted by Crippen LogP contribution is 1.83. The van der Waals surface area contributed by atoms with Gasteiger partial charge in [0.15, 0.2) is 0 Å². The highest BCUT2D eigenvalue weighted by Gasteiger charge is 1.65. The monoisotopic (exact) mass is 83.1 g/mol. The lowest BCUT2D eigenvalue weighted by Gasteiger charge is -1.75. The molecule has 0 aliphatic heterocycles. The fourth-order valence-corrected chi connectivity index (χ4v) is 0.272. The van der Waals surface area contributed by atoms with Crippen LogP contribution in [-0.4, -0.2) is 0 Å². The van der Waals surface area contributed by atoms with Gasteiger partial charge in [0.1, 0.15) is 0 Å². The van der Waals surface area contributed by atoms with Gasteiger partial charge in [-0.1, -0.05) is 19.1 Å². The van der Waals surface area contributed by atoms with Crippen LogP contribution >= 0.6 is 0 Å². The minimum Gasteiger partial charge on any atom is -0.0914 e. The van der Waals surface area contributed by atoms with E-state index < -0.39 is 0 Å². The summed E-state index contributed by atoms with van der Waals surface area (Å²) in [7, 11) is 0. The summed E-state index contributed by atoms with van der Waals surface area (Å²) in [6, 6.07) is 0. The summed E-state index contributed by atoms with van der Waals surface area (Å²) in [5.41, 5.74) is 0. The summed E-state index contributed by atoms with van der Waals surface area (Å²) in [5.74, 6) is 0. The van der Waals surface area contributed by atoms with Crippen molar-refractivity contribution in [3.63, 3.8) is 0 Å². The lowest BCUT2D eigenvalue weighted by atomic mass is 10.3. The summed E-state index contributed by atoms with van der Waals surface area (Å²) in [6.07, 6.45) is 7.36. The molecule has 0 aromatic heterocycles. The van der Waals surface area contributed by atoms with Crippen LogP contribution in [0.15, 0.2) is 12.2 Å². The quantitative estimate of drug-likeness (QED) is 0.480. The average molecular weight is 83.2 g/mol. The number of hydrogen-bond acceptors (Lipinski definition) is 0. The zero-order valence-corrected chi connectivity index (χ0v) is 4.44. The SMILES string of the molecule is CC=C[CH]CC. The van der Waals surface area contributed by atoms with Crippen LogP contribution in [0.1, 0.15) is 20.3 Å². The van der Waals surface area contributed by atoms with Gasteiger partial charge in [-0.2, -0.15) is 0 Å². The van der Waals surface area contributed by atoms with Crippen LogP contribution in [0.4, 0.5) is 0 Å². The summed E-state index contributed by atoms with van der Waals surface area (Å²) >= 11 is 0. The van der Waals surface area contributed by atoms with E-state index in [2.05, 4.69) is 19.4 Å². The Labute approximate surface area is 39.9 Å². The first kappa shape index (κ1) is 5.74. The molecule has 0 rings (SSSR count). The van der Waals surface area contributed by atoms with Gasteiger partial charge in [0, 0.05) is 0 Å². The molecule has 0 fully saturated rings. The number of hydrogen-bond donors (Lipinski definition) is 0. The number of rotatable bonds is 2. The molecule has 0 bridgehead atoms. The van der Waals surface area contributed by atoms with E-state index in [4.69, 9.17) is 0 Å². The Morgan fingerprint density at radius 3 is 2.33 bits per heavy atom. The second-order valence-corrected chi connectivity index (χ2v) is 1.17. The Balaban J connectivity index is 2.66. The molecule has 0 atom stereocenters. The van der Waals surface area contributed by atoms with Gasteiger partial charge in [-0.15, -0.1) is 0 Å². The van der Waals surface area contributed by atoms with Crippen molar-refractivity contribution in [2.75, 3.05) is 0 Å². The predicted octanol–water partition coefficient (Wildman–Crippen LogP) is 2.18. The summed E-state index contributed by atoms with van der Waals surface area (Å²) < 4.78 is 0. The maximum atomic E-state index is 2.12. The van der Waals surface area contributed by atoms with Gasteiger partial charge in [0.25, 0.3) is 0 Å². The third kappa shape index (κ3) is 3.74. The van der Waals surface area contributed by atoms with E-state index in [1.165, 1.54) is 0 Å². The zero-order chi connectivity index (χ0) is 4.83. The second-order valence-electron chi connectivity index (χ2n) is 1.17. The van der Waals surface area contributed by atoms with Crippen LogP contribution in [0.5, 0.6) is 0 Å². The normalized spacial score (nSPS) is 10.3. The largest absolute Gasteiger partial charge is 0.0914 e. The van der Waals surface area contributed by atoms with E-state index in [0.29, 0.717) is 0 Å². The van der Waals surface area contributed by atoms with E-state index in [1.807, 2.05) is 13.0 Å². The van der Waals surface area contributed by atoms with Gasteiger partial charge in [-0.05, 0) is 19.8 Å². The van der Waals surface area contributed by atoms with Crippen molar-refractivity contribution in [2.45, 2.75) is 20.3 Å². The molecule has 0 N–H and O–H groups in total. The van der Waals surface area contributed by atoms with E-state index in [9.17, 15) is 0 Å². The van der Waals surface area contributed by atoms with E-state index in [0.717, 1.165) is 6.42 Å². The maximum Gasteiger partial charge on any atom is -0.0173 e. The number of allylic oxidation sites excluding steroid dienone is 2. The molecule has 0 saturated heterocycles. The van der Waals surface area contributed by atoms with Crippen molar-refractivity contribution in [3.05, 3.63) is 18.6 Å². The van der Waals surface area contributed by atoms with Crippen molar-refractivity contribution < 1.29 is 0 Å². The molecule has 0 aromatic rings. The van der Waals surface area contributed by atoms with Crippen molar-refractivity contribution in [1.29, 1.82) is 0 Å². The van der Waals surface area contributed by atoms with Crippen LogP contribution in [0, 0.1) is 6.42 Å². The molecule has 0 amide bonds. The lowest BCUT2D eigenvalue weighted by molar-refractivity contribution is 1.15. The van der Waals surface area contributed by atoms with Crippen molar-refractivity contribution in [1.82, 2.24) is 0 Å². The molecule has 0 heterocycles. The molecule has 0 aliphatic rings. The summed E-state index contributed by atoms with van der Waals surface area (Å²) in [5, 5.41) is 0. The molecule has 1 radical (unpaired) electrons. The van der Waals surface area contributed by atoms with Crippen LogP contribution in [0.25, 0.3) is 0 Å². The highest BCUT2D eigenvalue weighted by atomic mass is 13.7. The van der Waals surface area contributed by atoms with Gasteiger partial charge in [-0.25, -0.2) is 0 Å².